The average molecular weight is 185 g/mol. The molecule has 0 bridgehead atoms. The van der Waals surface area contributed by atoms with Crippen molar-refractivity contribution in [1.82, 2.24) is 4.37 Å². The van der Waals surface area contributed by atoms with Crippen molar-refractivity contribution in [2.45, 2.75) is 6.42 Å². The van der Waals surface area contributed by atoms with E-state index < -0.39 is 5.97 Å². The highest BCUT2D eigenvalue weighted by Crippen LogP contribution is 2.05. The van der Waals surface area contributed by atoms with Crippen LogP contribution in [0.2, 0.25) is 0 Å². The number of esters is 1. The van der Waals surface area contributed by atoms with E-state index >= 15 is 0 Å². The number of hydrogen-bond acceptors (Lipinski definition) is 5. The Morgan fingerprint density at radius 3 is 2.92 bits per heavy atom. The average Bonchev–Trinajstić information content (AvgIpc) is 2.56. The highest BCUT2D eigenvalue weighted by molar-refractivity contribution is 7.03. The SMILES string of the molecule is COC(=O)CC(=O)c1cnsc1. The van der Waals surface area contributed by atoms with Crippen LogP contribution in [0.5, 0.6) is 0 Å². The summed E-state index contributed by atoms with van der Waals surface area (Å²) < 4.78 is 8.09. The molecule has 0 N–H and O–H groups in total. The third-order valence-electron chi connectivity index (χ3n) is 1.29. The van der Waals surface area contributed by atoms with Crippen molar-refractivity contribution in [2.75, 3.05) is 7.11 Å². The lowest BCUT2D eigenvalue weighted by Gasteiger charge is -1.94. The predicted octanol–water partition coefficient (Wildman–Crippen LogP) is 0.889. The van der Waals surface area contributed by atoms with E-state index in [2.05, 4.69) is 9.11 Å². The zero-order chi connectivity index (χ0) is 8.97. The third kappa shape index (κ3) is 2.13. The highest BCUT2D eigenvalue weighted by Gasteiger charge is 2.12. The molecule has 64 valence electrons. The van der Waals surface area contributed by atoms with E-state index in [-0.39, 0.29) is 12.2 Å². The van der Waals surface area contributed by atoms with Gasteiger partial charge in [-0.25, -0.2) is 4.37 Å². The summed E-state index contributed by atoms with van der Waals surface area (Å²) in [7, 11) is 1.25. The van der Waals surface area contributed by atoms with Crippen molar-refractivity contribution in [2.24, 2.45) is 0 Å². The molecule has 0 saturated carbocycles. The molecule has 12 heavy (non-hydrogen) atoms. The first-order valence-corrected chi connectivity index (χ1v) is 4.07. The molecule has 1 rings (SSSR count). The molecule has 0 spiro atoms. The molecule has 0 radical (unpaired) electrons. The summed E-state index contributed by atoms with van der Waals surface area (Å²) in [6, 6.07) is 0. The second kappa shape index (κ2) is 3.96. The zero-order valence-electron chi connectivity index (χ0n) is 6.44. The van der Waals surface area contributed by atoms with Crippen LogP contribution in [0.15, 0.2) is 11.6 Å². The van der Waals surface area contributed by atoms with Crippen molar-refractivity contribution in [3.63, 3.8) is 0 Å². The van der Waals surface area contributed by atoms with Gasteiger partial charge in [-0.05, 0) is 11.5 Å². The summed E-state index contributed by atoms with van der Waals surface area (Å²) in [5.41, 5.74) is 0.463. The minimum atomic E-state index is -0.522. The molecule has 0 unspecified atom stereocenters. The number of methoxy groups -OCH3 is 1. The van der Waals surface area contributed by atoms with Crippen LogP contribution < -0.4 is 0 Å². The largest absolute Gasteiger partial charge is 0.469 e. The van der Waals surface area contributed by atoms with E-state index in [1.54, 1.807) is 5.38 Å². The minimum absolute atomic E-state index is 0.213. The monoisotopic (exact) mass is 185 g/mol. The first-order chi connectivity index (χ1) is 5.74. The summed E-state index contributed by atoms with van der Waals surface area (Å²) in [6.07, 6.45) is 1.23. The quantitative estimate of drug-likeness (QED) is 0.398. The second-order valence-electron chi connectivity index (χ2n) is 2.09. The molecule has 1 aromatic rings. The zero-order valence-corrected chi connectivity index (χ0v) is 7.26. The van der Waals surface area contributed by atoms with Gasteiger partial charge in [0.25, 0.3) is 0 Å². The Kier molecular flexibility index (Phi) is 2.93. The van der Waals surface area contributed by atoms with Crippen LogP contribution in [0.1, 0.15) is 16.8 Å². The van der Waals surface area contributed by atoms with Crippen molar-refractivity contribution < 1.29 is 14.3 Å². The molecule has 4 nitrogen and oxygen atoms in total. The number of aromatic nitrogens is 1. The molecule has 1 heterocycles. The maximum Gasteiger partial charge on any atom is 0.313 e. The molecule has 0 aliphatic carbocycles. The van der Waals surface area contributed by atoms with Gasteiger partial charge in [0.05, 0.1) is 13.3 Å². The number of Topliss-reactive ketones (excluding diaryl/α,β-unsaturated/α-hetero) is 1. The molecule has 0 amide bonds. The first-order valence-electron chi connectivity index (χ1n) is 3.23. The number of ether oxygens (including phenoxy) is 1. The fraction of sp³-hybridized carbons (Fsp3) is 0.286. The smallest absolute Gasteiger partial charge is 0.313 e. The number of hydrogen-bond donors (Lipinski definition) is 0. The summed E-state index contributed by atoms with van der Waals surface area (Å²) >= 11 is 1.18. The molecule has 0 atom stereocenters. The molecular formula is C7H7NO3S. The van der Waals surface area contributed by atoms with Crippen molar-refractivity contribution in [3.05, 3.63) is 17.1 Å². The predicted molar refractivity (Wildman–Crippen MR) is 43.1 cm³/mol. The van der Waals surface area contributed by atoms with E-state index in [0.717, 1.165) is 0 Å². The summed E-state index contributed by atoms with van der Waals surface area (Å²) in [5.74, 6) is -0.776. The molecular weight excluding hydrogens is 178 g/mol. The van der Waals surface area contributed by atoms with E-state index in [9.17, 15) is 9.59 Å². The van der Waals surface area contributed by atoms with Crippen LogP contribution in [0.3, 0.4) is 0 Å². The van der Waals surface area contributed by atoms with Crippen molar-refractivity contribution in [3.8, 4) is 0 Å². The number of carbonyl (C=O) groups is 2. The maximum absolute atomic E-state index is 11.1. The van der Waals surface area contributed by atoms with Gasteiger partial charge in [-0.2, -0.15) is 0 Å². The Labute approximate surface area is 73.3 Å². The number of rotatable bonds is 3. The Balaban J connectivity index is 2.56. The van der Waals surface area contributed by atoms with Crippen LogP contribution >= 0.6 is 11.5 Å². The third-order valence-corrected chi connectivity index (χ3v) is 1.87. The lowest BCUT2D eigenvalue weighted by Crippen LogP contribution is -2.08. The Morgan fingerprint density at radius 1 is 1.67 bits per heavy atom. The number of nitrogens with zero attached hydrogens (tertiary/aromatic N) is 1. The normalized spacial score (nSPS) is 9.42. The van der Waals surface area contributed by atoms with E-state index in [1.165, 1.54) is 24.8 Å². The van der Waals surface area contributed by atoms with Crippen molar-refractivity contribution in [1.29, 1.82) is 0 Å². The highest BCUT2D eigenvalue weighted by atomic mass is 32.1. The van der Waals surface area contributed by atoms with Crippen LogP contribution in [-0.2, 0) is 9.53 Å². The van der Waals surface area contributed by atoms with Crippen molar-refractivity contribution >= 4 is 23.3 Å². The van der Waals surface area contributed by atoms with Gasteiger partial charge in [0.1, 0.15) is 6.42 Å². The van der Waals surface area contributed by atoms with Crippen LogP contribution in [0, 0.1) is 0 Å². The van der Waals surface area contributed by atoms with Crippen LogP contribution in [0.4, 0.5) is 0 Å². The summed E-state index contributed by atoms with van der Waals surface area (Å²) in [4.78, 5) is 21.8. The first kappa shape index (κ1) is 8.86. The van der Waals surface area contributed by atoms with Gasteiger partial charge < -0.3 is 4.74 Å². The maximum atomic E-state index is 11.1. The molecule has 0 saturated heterocycles. The summed E-state index contributed by atoms with van der Waals surface area (Å²) in [5, 5.41) is 1.60. The van der Waals surface area contributed by atoms with E-state index in [4.69, 9.17) is 0 Å². The second-order valence-corrected chi connectivity index (χ2v) is 2.75. The molecule has 0 fully saturated rings. The lowest BCUT2D eigenvalue weighted by molar-refractivity contribution is -0.139. The number of ketones is 1. The Hall–Kier alpha value is -1.23. The van der Waals surface area contributed by atoms with Gasteiger partial charge in [-0.1, -0.05) is 0 Å². The van der Waals surface area contributed by atoms with Gasteiger partial charge in [0, 0.05) is 10.9 Å². The van der Waals surface area contributed by atoms with E-state index in [0.29, 0.717) is 5.56 Å². The van der Waals surface area contributed by atoms with Gasteiger partial charge >= 0.3 is 5.97 Å². The summed E-state index contributed by atoms with van der Waals surface area (Å²) in [6.45, 7) is 0. The Morgan fingerprint density at radius 2 is 2.42 bits per heavy atom. The van der Waals surface area contributed by atoms with Gasteiger partial charge in [0.2, 0.25) is 0 Å². The molecule has 5 heteroatoms. The minimum Gasteiger partial charge on any atom is -0.469 e. The fourth-order valence-corrected chi connectivity index (χ4v) is 1.19. The fourth-order valence-electron chi connectivity index (χ4n) is 0.648. The number of carbonyl (C=O) groups excluding carboxylic acids is 2. The van der Waals surface area contributed by atoms with Gasteiger partial charge in [-0.3, -0.25) is 9.59 Å². The standard InChI is InChI=1S/C7H7NO3S/c1-11-7(10)2-6(9)5-3-8-12-4-5/h3-4H,2H2,1H3. The van der Waals surface area contributed by atoms with Gasteiger partial charge in [0.15, 0.2) is 5.78 Å². The topological polar surface area (TPSA) is 56.3 Å². The lowest BCUT2D eigenvalue weighted by atomic mass is 10.2. The van der Waals surface area contributed by atoms with Gasteiger partial charge in [-0.15, -0.1) is 0 Å². The molecule has 0 aromatic carbocycles. The molecule has 1 aromatic heterocycles. The molecule has 0 aliphatic heterocycles. The van der Waals surface area contributed by atoms with E-state index in [1.807, 2.05) is 0 Å². The Bertz CT molecular complexity index is 281. The molecule has 0 aliphatic rings. The van der Waals surface area contributed by atoms with Crippen LogP contribution in [0.25, 0.3) is 0 Å². The van der Waals surface area contributed by atoms with Crippen LogP contribution in [-0.4, -0.2) is 23.2 Å².